The van der Waals surface area contributed by atoms with E-state index in [0.29, 0.717) is 11.4 Å². The lowest BCUT2D eigenvalue weighted by molar-refractivity contribution is 0.0594. The molecule has 0 aromatic carbocycles. The lowest BCUT2D eigenvalue weighted by atomic mass is 10.2. The van der Waals surface area contributed by atoms with E-state index < -0.39 is 5.97 Å². The molecule has 16 heavy (non-hydrogen) atoms. The van der Waals surface area contributed by atoms with Gasteiger partial charge < -0.3 is 4.74 Å². The highest BCUT2D eigenvalue weighted by atomic mass is 16.5. The normalized spacial score (nSPS) is 10.4. The molecular weight excluding hydrogens is 208 g/mol. The summed E-state index contributed by atoms with van der Waals surface area (Å²) in [5.74, 6) is -0.433. The number of aromatic amines is 1. The lowest BCUT2D eigenvalue weighted by Gasteiger charge is -1.94. The molecule has 0 aliphatic carbocycles. The van der Waals surface area contributed by atoms with Gasteiger partial charge in [0.1, 0.15) is 11.4 Å². The molecule has 0 aliphatic rings. The molecule has 0 fully saturated rings. The van der Waals surface area contributed by atoms with Crippen LogP contribution in [0.15, 0.2) is 12.1 Å². The second-order valence-corrected chi connectivity index (χ2v) is 3.45. The molecule has 2 aromatic rings. The summed E-state index contributed by atoms with van der Waals surface area (Å²) in [6, 6.07) is 3.54. The Bertz CT molecular complexity index is 527. The summed E-state index contributed by atoms with van der Waals surface area (Å²) in [5, 5.41) is 10.9. The predicted molar refractivity (Wildman–Crippen MR) is 56.9 cm³/mol. The van der Waals surface area contributed by atoms with Crippen molar-refractivity contribution in [3.05, 3.63) is 23.5 Å². The highest BCUT2D eigenvalue weighted by molar-refractivity contribution is 5.88. The molecule has 2 aromatic heterocycles. The van der Waals surface area contributed by atoms with E-state index in [0.717, 1.165) is 11.4 Å². The Morgan fingerprint density at radius 2 is 2.25 bits per heavy atom. The smallest absolute Gasteiger partial charge is 0.356 e. The van der Waals surface area contributed by atoms with Crippen molar-refractivity contribution in [3.63, 3.8) is 0 Å². The number of nitrogens with one attached hydrogen (secondary N) is 1. The Morgan fingerprint density at radius 3 is 2.81 bits per heavy atom. The number of esters is 1. The van der Waals surface area contributed by atoms with Crippen LogP contribution < -0.4 is 0 Å². The fraction of sp³-hybridized carbons (Fsp3) is 0.300. The molecule has 0 saturated carbocycles. The van der Waals surface area contributed by atoms with E-state index in [9.17, 15) is 4.79 Å². The van der Waals surface area contributed by atoms with Crippen molar-refractivity contribution in [2.24, 2.45) is 7.05 Å². The maximum absolute atomic E-state index is 11.2. The summed E-state index contributed by atoms with van der Waals surface area (Å²) < 4.78 is 6.30. The summed E-state index contributed by atoms with van der Waals surface area (Å²) in [5.41, 5.74) is 2.75. The van der Waals surface area contributed by atoms with Crippen molar-refractivity contribution in [3.8, 4) is 11.4 Å². The van der Waals surface area contributed by atoms with Gasteiger partial charge in [0.05, 0.1) is 18.5 Å². The Hall–Kier alpha value is -2.11. The van der Waals surface area contributed by atoms with Crippen LogP contribution in [0.1, 0.15) is 16.2 Å². The van der Waals surface area contributed by atoms with Crippen molar-refractivity contribution in [1.82, 2.24) is 20.0 Å². The number of hydrogen-bond donors (Lipinski definition) is 1. The van der Waals surface area contributed by atoms with Gasteiger partial charge in [-0.25, -0.2) is 4.79 Å². The number of aromatic nitrogens is 4. The number of ether oxygens (including phenoxy) is 1. The van der Waals surface area contributed by atoms with Gasteiger partial charge >= 0.3 is 5.97 Å². The summed E-state index contributed by atoms with van der Waals surface area (Å²) in [7, 11) is 3.16. The first kappa shape index (κ1) is 10.4. The number of aryl methyl sites for hydroxylation is 2. The van der Waals surface area contributed by atoms with Gasteiger partial charge in [-0.15, -0.1) is 0 Å². The molecule has 2 heterocycles. The molecule has 1 N–H and O–H groups in total. The zero-order valence-electron chi connectivity index (χ0n) is 9.31. The first-order valence-electron chi connectivity index (χ1n) is 4.76. The number of rotatable bonds is 2. The molecule has 0 radical (unpaired) electrons. The average Bonchev–Trinajstić information content (AvgIpc) is 2.83. The van der Waals surface area contributed by atoms with Gasteiger partial charge in [-0.1, -0.05) is 0 Å². The quantitative estimate of drug-likeness (QED) is 0.763. The monoisotopic (exact) mass is 220 g/mol. The summed E-state index contributed by atoms with van der Waals surface area (Å²) in [6.45, 7) is 1.90. The van der Waals surface area contributed by atoms with Crippen LogP contribution in [0.3, 0.4) is 0 Å². The SMILES string of the molecule is COC(=O)c1cc(-c2cc(C)nn2C)n[nH]1. The van der Waals surface area contributed by atoms with E-state index >= 15 is 0 Å². The van der Waals surface area contributed by atoms with Crippen LogP contribution in [-0.2, 0) is 11.8 Å². The lowest BCUT2D eigenvalue weighted by Crippen LogP contribution is -2.00. The van der Waals surface area contributed by atoms with Crippen LogP contribution >= 0.6 is 0 Å². The van der Waals surface area contributed by atoms with Crippen molar-refractivity contribution < 1.29 is 9.53 Å². The molecule has 0 amide bonds. The van der Waals surface area contributed by atoms with Gasteiger partial charge in [0.25, 0.3) is 0 Å². The van der Waals surface area contributed by atoms with E-state index in [4.69, 9.17) is 0 Å². The minimum Gasteiger partial charge on any atom is -0.464 e. The standard InChI is InChI=1S/C10H12N4O2/c1-6-4-9(14(2)13-6)7-5-8(12-11-7)10(15)16-3/h4-5H,1-3H3,(H,11,12). The molecule has 0 unspecified atom stereocenters. The van der Waals surface area contributed by atoms with Gasteiger partial charge in [0.15, 0.2) is 0 Å². The first-order valence-corrected chi connectivity index (χ1v) is 4.76. The zero-order valence-corrected chi connectivity index (χ0v) is 9.31. The number of methoxy groups -OCH3 is 1. The molecule has 0 aliphatic heterocycles. The fourth-order valence-electron chi connectivity index (χ4n) is 1.52. The predicted octanol–water partition coefficient (Wildman–Crippen LogP) is 0.905. The van der Waals surface area contributed by atoms with Gasteiger partial charge in [-0.3, -0.25) is 9.78 Å². The third-order valence-corrected chi connectivity index (χ3v) is 2.25. The zero-order chi connectivity index (χ0) is 11.7. The number of hydrogen-bond acceptors (Lipinski definition) is 4. The summed E-state index contributed by atoms with van der Waals surface area (Å²) >= 11 is 0. The van der Waals surface area contributed by atoms with E-state index in [1.54, 1.807) is 10.7 Å². The third kappa shape index (κ3) is 1.69. The Morgan fingerprint density at radius 1 is 1.50 bits per heavy atom. The summed E-state index contributed by atoms with van der Waals surface area (Å²) in [4.78, 5) is 11.2. The van der Waals surface area contributed by atoms with Crippen LogP contribution in [0.2, 0.25) is 0 Å². The second-order valence-electron chi connectivity index (χ2n) is 3.45. The topological polar surface area (TPSA) is 72.8 Å². The van der Waals surface area contributed by atoms with Crippen molar-refractivity contribution >= 4 is 5.97 Å². The molecule has 84 valence electrons. The maximum atomic E-state index is 11.2. The molecular formula is C10H12N4O2. The second kappa shape index (κ2) is 3.80. The Balaban J connectivity index is 2.38. The Labute approximate surface area is 92.2 Å². The van der Waals surface area contributed by atoms with Crippen LogP contribution in [0.5, 0.6) is 0 Å². The maximum Gasteiger partial charge on any atom is 0.356 e. The van der Waals surface area contributed by atoms with Crippen LogP contribution in [0, 0.1) is 6.92 Å². The fourth-order valence-corrected chi connectivity index (χ4v) is 1.52. The van der Waals surface area contributed by atoms with Crippen molar-refractivity contribution in [2.45, 2.75) is 6.92 Å². The van der Waals surface area contributed by atoms with E-state index in [1.807, 2.05) is 20.0 Å². The highest BCUT2D eigenvalue weighted by Gasteiger charge is 2.13. The van der Waals surface area contributed by atoms with Crippen LogP contribution in [0.4, 0.5) is 0 Å². The third-order valence-electron chi connectivity index (χ3n) is 2.25. The van der Waals surface area contributed by atoms with E-state index in [2.05, 4.69) is 20.0 Å². The molecule has 2 rings (SSSR count). The molecule has 0 atom stereocenters. The highest BCUT2D eigenvalue weighted by Crippen LogP contribution is 2.18. The van der Waals surface area contributed by atoms with Gasteiger partial charge in [-0.2, -0.15) is 10.2 Å². The number of H-pyrrole nitrogens is 1. The Kier molecular flexibility index (Phi) is 2.47. The minimum absolute atomic E-state index is 0.330. The van der Waals surface area contributed by atoms with Crippen LogP contribution in [0.25, 0.3) is 11.4 Å². The molecule has 0 bridgehead atoms. The number of nitrogens with zero attached hydrogens (tertiary/aromatic N) is 3. The molecule has 6 nitrogen and oxygen atoms in total. The van der Waals surface area contributed by atoms with Gasteiger partial charge in [-0.05, 0) is 13.0 Å². The number of carbonyl (C=O) groups excluding carboxylic acids is 1. The first-order chi connectivity index (χ1) is 7.61. The van der Waals surface area contributed by atoms with Crippen molar-refractivity contribution in [1.29, 1.82) is 0 Å². The van der Waals surface area contributed by atoms with Gasteiger partial charge in [0, 0.05) is 13.1 Å². The minimum atomic E-state index is -0.433. The average molecular weight is 220 g/mol. The summed E-state index contributed by atoms with van der Waals surface area (Å²) in [6.07, 6.45) is 0. The largest absolute Gasteiger partial charge is 0.464 e. The van der Waals surface area contributed by atoms with Gasteiger partial charge in [0.2, 0.25) is 0 Å². The molecule has 0 spiro atoms. The van der Waals surface area contributed by atoms with Crippen LogP contribution in [-0.4, -0.2) is 33.1 Å². The van der Waals surface area contributed by atoms with E-state index in [1.165, 1.54) is 7.11 Å². The van der Waals surface area contributed by atoms with Crippen molar-refractivity contribution in [2.75, 3.05) is 7.11 Å². The van der Waals surface area contributed by atoms with E-state index in [-0.39, 0.29) is 0 Å². The molecule has 6 heteroatoms. The molecule has 0 saturated heterocycles. The number of carbonyl (C=O) groups is 1.